The van der Waals surface area contributed by atoms with Gasteiger partial charge in [0.15, 0.2) is 0 Å². The Bertz CT molecular complexity index is 1580. The Morgan fingerprint density at radius 2 is 1.49 bits per heavy atom. The largest absolute Gasteiger partial charge is 0.507 e. The van der Waals surface area contributed by atoms with Crippen molar-refractivity contribution in [2.75, 3.05) is 41.7 Å². The summed E-state index contributed by atoms with van der Waals surface area (Å²) in [6, 6.07) is 18.2. The number of phenolic OH excluding ortho intramolecular Hbond substituents is 2. The number of halogens is 2. The first-order valence-corrected chi connectivity index (χ1v) is 14.0. The standard InChI is InChI=1S/C29H26ClN3O4.CH3Cl/c30-15-17-16-33(24-14-26(35)21-7-3-4-8-22(21)28(17)24)27(36)9-11-31-29(37)32-12-10-19-18-5-1-2-6-20(18)25(34)13-23(19)32;1-2/h1-8,13-14,17,34-35H,9-12,15-16H2,(H,31,37);1H3. The molecule has 2 aliphatic heterocycles. The molecular formula is C30H29Cl2N3O4. The average molecular weight is 566 g/mol. The molecule has 2 aliphatic rings. The van der Waals surface area contributed by atoms with Gasteiger partial charge in [-0.3, -0.25) is 9.69 Å². The molecular weight excluding hydrogens is 537 g/mol. The lowest BCUT2D eigenvalue weighted by Crippen LogP contribution is -2.41. The zero-order valence-corrected chi connectivity index (χ0v) is 23.0. The molecule has 0 fully saturated rings. The number of aromatic hydroxyl groups is 2. The maximum absolute atomic E-state index is 13.2. The van der Waals surface area contributed by atoms with E-state index in [9.17, 15) is 19.8 Å². The Morgan fingerprint density at radius 3 is 2.15 bits per heavy atom. The quantitative estimate of drug-likeness (QED) is 0.261. The summed E-state index contributed by atoms with van der Waals surface area (Å²) >= 11 is 10.9. The SMILES string of the molecule is CCl.O=C(NCCC(=O)N1CC(CCl)c2c1cc(O)c1ccccc21)N1CCc2c1cc(O)c1ccccc21. The summed E-state index contributed by atoms with van der Waals surface area (Å²) in [5, 5.41) is 27.3. The van der Waals surface area contributed by atoms with Crippen LogP contribution in [-0.2, 0) is 11.2 Å². The molecule has 0 radical (unpaired) electrons. The molecule has 4 aromatic carbocycles. The second-order valence-electron chi connectivity index (χ2n) is 9.55. The summed E-state index contributed by atoms with van der Waals surface area (Å²) in [6.07, 6.45) is 2.28. The molecule has 3 amide bonds. The fourth-order valence-electron chi connectivity index (χ4n) is 5.76. The van der Waals surface area contributed by atoms with E-state index in [-0.39, 0.29) is 42.3 Å². The minimum absolute atomic E-state index is 0.0377. The maximum atomic E-state index is 13.2. The Kier molecular flexibility index (Phi) is 7.73. The van der Waals surface area contributed by atoms with Crippen LogP contribution in [0.25, 0.3) is 21.5 Å². The molecule has 9 heteroatoms. The van der Waals surface area contributed by atoms with Crippen LogP contribution in [0.3, 0.4) is 0 Å². The molecule has 2 heterocycles. The van der Waals surface area contributed by atoms with Crippen LogP contribution in [0.5, 0.6) is 11.5 Å². The Morgan fingerprint density at radius 1 is 0.897 bits per heavy atom. The molecule has 7 nitrogen and oxygen atoms in total. The lowest BCUT2D eigenvalue weighted by molar-refractivity contribution is -0.118. The van der Waals surface area contributed by atoms with Gasteiger partial charge in [-0.25, -0.2) is 4.79 Å². The molecule has 4 aromatic rings. The molecule has 39 heavy (non-hydrogen) atoms. The van der Waals surface area contributed by atoms with Crippen molar-refractivity contribution in [2.45, 2.75) is 18.8 Å². The van der Waals surface area contributed by atoms with Crippen molar-refractivity contribution in [3.63, 3.8) is 0 Å². The van der Waals surface area contributed by atoms with Crippen LogP contribution in [0.15, 0.2) is 60.7 Å². The van der Waals surface area contributed by atoms with E-state index >= 15 is 0 Å². The zero-order chi connectivity index (χ0) is 27.7. The van der Waals surface area contributed by atoms with Crippen molar-refractivity contribution in [3.8, 4) is 11.5 Å². The van der Waals surface area contributed by atoms with Crippen molar-refractivity contribution in [2.24, 2.45) is 0 Å². The third kappa shape index (κ3) is 4.70. The summed E-state index contributed by atoms with van der Waals surface area (Å²) in [4.78, 5) is 29.5. The van der Waals surface area contributed by atoms with E-state index in [0.717, 1.165) is 32.7 Å². The maximum Gasteiger partial charge on any atom is 0.321 e. The normalized spacial score (nSPS) is 15.6. The predicted octanol–water partition coefficient (Wildman–Crippen LogP) is 6.09. The van der Waals surface area contributed by atoms with Gasteiger partial charge in [-0.15, -0.1) is 23.2 Å². The van der Waals surface area contributed by atoms with E-state index in [4.69, 9.17) is 11.6 Å². The Hall–Kier alpha value is -3.68. The van der Waals surface area contributed by atoms with E-state index in [2.05, 4.69) is 16.9 Å². The number of hydrogen-bond donors (Lipinski definition) is 3. The van der Waals surface area contributed by atoms with Crippen LogP contribution in [0.1, 0.15) is 23.5 Å². The third-order valence-corrected chi connectivity index (χ3v) is 7.85. The van der Waals surface area contributed by atoms with Crippen molar-refractivity contribution in [1.82, 2.24) is 5.32 Å². The fraction of sp³-hybridized carbons (Fsp3) is 0.267. The first-order chi connectivity index (χ1) is 19.0. The number of urea groups is 1. The van der Waals surface area contributed by atoms with Crippen molar-refractivity contribution < 1.29 is 19.8 Å². The van der Waals surface area contributed by atoms with Gasteiger partial charge in [0, 0.05) is 67.1 Å². The van der Waals surface area contributed by atoms with E-state index < -0.39 is 0 Å². The fourth-order valence-corrected chi connectivity index (χ4v) is 6.01. The number of benzene rings is 4. The van der Waals surface area contributed by atoms with Gasteiger partial charge in [0.2, 0.25) is 5.91 Å². The average Bonchev–Trinajstić information content (AvgIpc) is 3.56. The summed E-state index contributed by atoms with van der Waals surface area (Å²) in [7, 11) is 0. The highest BCUT2D eigenvalue weighted by Gasteiger charge is 2.34. The first-order valence-electron chi connectivity index (χ1n) is 12.8. The molecule has 6 rings (SSSR count). The molecule has 0 bridgehead atoms. The van der Waals surface area contributed by atoms with E-state index in [1.54, 1.807) is 21.9 Å². The van der Waals surface area contributed by atoms with Gasteiger partial charge < -0.3 is 20.4 Å². The molecule has 3 N–H and O–H groups in total. The molecule has 202 valence electrons. The van der Waals surface area contributed by atoms with Crippen LogP contribution in [0.2, 0.25) is 0 Å². The minimum Gasteiger partial charge on any atom is -0.507 e. The lowest BCUT2D eigenvalue weighted by Gasteiger charge is -2.21. The number of phenols is 2. The second-order valence-corrected chi connectivity index (χ2v) is 9.86. The highest BCUT2D eigenvalue weighted by Crippen LogP contribution is 2.45. The number of carbonyl (C=O) groups is 2. The van der Waals surface area contributed by atoms with Gasteiger partial charge in [-0.1, -0.05) is 48.5 Å². The van der Waals surface area contributed by atoms with Crippen molar-refractivity contribution in [3.05, 3.63) is 71.8 Å². The number of amides is 3. The van der Waals surface area contributed by atoms with Crippen LogP contribution in [0, 0.1) is 0 Å². The van der Waals surface area contributed by atoms with Gasteiger partial charge in [0.1, 0.15) is 11.5 Å². The highest BCUT2D eigenvalue weighted by atomic mass is 35.5. The number of hydrogen-bond acceptors (Lipinski definition) is 4. The van der Waals surface area contributed by atoms with Crippen molar-refractivity contribution >= 4 is 68.1 Å². The molecule has 1 atom stereocenters. The van der Waals surface area contributed by atoms with Gasteiger partial charge in [-0.2, -0.15) is 0 Å². The minimum atomic E-state index is -0.301. The molecule has 0 saturated heterocycles. The highest BCUT2D eigenvalue weighted by molar-refractivity contribution is 6.19. The van der Waals surface area contributed by atoms with Crippen LogP contribution in [0.4, 0.5) is 16.2 Å². The smallest absolute Gasteiger partial charge is 0.321 e. The summed E-state index contributed by atoms with van der Waals surface area (Å²) in [6.45, 7) is 1.11. The number of carbonyl (C=O) groups excluding carboxylic acids is 2. The monoisotopic (exact) mass is 565 g/mol. The van der Waals surface area contributed by atoms with Gasteiger partial charge in [0.05, 0.1) is 11.4 Å². The van der Waals surface area contributed by atoms with Gasteiger partial charge in [-0.05, 0) is 28.3 Å². The summed E-state index contributed by atoms with van der Waals surface area (Å²) < 4.78 is 0. The molecule has 0 aromatic heterocycles. The zero-order valence-electron chi connectivity index (χ0n) is 21.5. The molecule has 1 unspecified atom stereocenters. The third-order valence-electron chi connectivity index (χ3n) is 7.48. The molecule has 0 spiro atoms. The van der Waals surface area contributed by atoms with Crippen LogP contribution >= 0.6 is 23.2 Å². The van der Waals surface area contributed by atoms with E-state index in [0.29, 0.717) is 36.8 Å². The second kappa shape index (κ2) is 11.2. The number of nitrogens with zero attached hydrogens (tertiary/aromatic N) is 2. The Balaban J connectivity index is 0.00000151. The Labute approximate surface area is 236 Å². The number of anilines is 2. The van der Waals surface area contributed by atoms with E-state index in [1.165, 1.54) is 6.38 Å². The topological polar surface area (TPSA) is 93.1 Å². The van der Waals surface area contributed by atoms with Gasteiger partial charge in [0.25, 0.3) is 0 Å². The molecule has 0 saturated carbocycles. The lowest BCUT2D eigenvalue weighted by atomic mass is 9.95. The van der Waals surface area contributed by atoms with Crippen molar-refractivity contribution in [1.29, 1.82) is 0 Å². The number of fused-ring (bicyclic) bond motifs is 6. The first kappa shape index (κ1) is 26.9. The molecule has 0 aliphatic carbocycles. The van der Waals surface area contributed by atoms with E-state index in [1.807, 2.05) is 48.5 Å². The van der Waals surface area contributed by atoms with Crippen LogP contribution in [-0.4, -0.2) is 54.0 Å². The van der Waals surface area contributed by atoms with Gasteiger partial charge >= 0.3 is 6.03 Å². The predicted molar refractivity (Wildman–Crippen MR) is 158 cm³/mol. The number of alkyl halides is 2. The van der Waals surface area contributed by atoms with Crippen LogP contribution < -0.4 is 15.1 Å². The summed E-state index contributed by atoms with van der Waals surface area (Å²) in [5.74, 6) is 0.442. The summed E-state index contributed by atoms with van der Waals surface area (Å²) in [5.41, 5.74) is 3.38. The number of nitrogens with one attached hydrogen (secondary N) is 1. The number of rotatable bonds is 4.